The molecule has 2 unspecified atom stereocenters. The SMILES string of the molecule is CCCCCCCCCCCCCCCCCCCCCC/C=C/C(O)C(CO)NC(=O)CCCCCCCCCCCCCCCCCC/C=C\CCCCCCCCCCCCCCOC(=O)CCCCCCCCCCCCCCCCCCCCC. The van der Waals surface area contributed by atoms with Crippen LogP contribution in [0.4, 0.5) is 0 Å². The zero-order chi connectivity index (χ0) is 64.9. The molecule has 0 saturated heterocycles. The number of esters is 1. The van der Waals surface area contributed by atoms with Gasteiger partial charge >= 0.3 is 5.97 Å². The molecule has 90 heavy (non-hydrogen) atoms. The number of hydrogen-bond acceptors (Lipinski definition) is 5. The summed E-state index contributed by atoms with van der Waals surface area (Å²) in [7, 11) is 0. The number of unbranched alkanes of at least 4 members (excludes halogenated alkanes) is 66. The quantitative estimate of drug-likeness (QED) is 0.0320. The number of carbonyl (C=O) groups excluding carboxylic acids is 2. The third kappa shape index (κ3) is 75.4. The Labute approximate surface area is 564 Å². The molecule has 0 rings (SSSR count). The minimum Gasteiger partial charge on any atom is -0.466 e. The van der Waals surface area contributed by atoms with Crippen LogP contribution in [0.3, 0.4) is 0 Å². The van der Waals surface area contributed by atoms with Crippen molar-refractivity contribution in [2.45, 2.75) is 488 Å². The van der Waals surface area contributed by atoms with Gasteiger partial charge in [-0.3, -0.25) is 9.59 Å². The van der Waals surface area contributed by atoms with Crippen LogP contribution in [0.2, 0.25) is 0 Å². The molecule has 6 heteroatoms. The van der Waals surface area contributed by atoms with Crippen molar-refractivity contribution in [2.24, 2.45) is 0 Å². The standard InChI is InChI=1S/C84H163NO5/c1-3-5-7-9-11-13-15-17-19-21-23-24-37-41-44-48-52-56-60-64-68-72-76-82(87)81(80-86)85-83(88)77-73-69-65-61-57-53-49-45-42-38-35-33-31-29-27-25-26-28-30-32-34-36-39-43-47-51-55-59-63-67-71-75-79-90-84(89)78-74-70-66-62-58-54-50-46-40-22-20-18-16-14-12-10-8-6-4-2/h28,30,72,76,81-82,86-87H,3-27,29,31-71,73-75,77-80H2,1-2H3,(H,85,88)/b30-28-,76-72+. The van der Waals surface area contributed by atoms with Crippen LogP contribution >= 0.6 is 0 Å². The second-order valence-corrected chi connectivity index (χ2v) is 28.8. The van der Waals surface area contributed by atoms with Crippen molar-refractivity contribution in [3.63, 3.8) is 0 Å². The Balaban J connectivity index is 3.36. The van der Waals surface area contributed by atoms with Crippen LogP contribution in [0.1, 0.15) is 476 Å². The molecule has 0 aromatic heterocycles. The molecular weight excluding hydrogens is 1100 g/mol. The lowest BCUT2D eigenvalue weighted by Gasteiger charge is -2.20. The Morgan fingerprint density at radius 3 is 0.789 bits per heavy atom. The van der Waals surface area contributed by atoms with Gasteiger partial charge in [-0.25, -0.2) is 0 Å². The van der Waals surface area contributed by atoms with Gasteiger partial charge in [0, 0.05) is 12.8 Å². The van der Waals surface area contributed by atoms with Crippen LogP contribution in [-0.4, -0.2) is 47.4 Å². The first-order valence-corrected chi connectivity index (χ1v) is 41.6. The van der Waals surface area contributed by atoms with Crippen LogP contribution in [0.15, 0.2) is 24.3 Å². The van der Waals surface area contributed by atoms with Gasteiger partial charge < -0.3 is 20.3 Å². The number of amides is 1. The van der Waals surface area contributed by atoms with Gasteiger partial charge in [-0.2, -0.15) is 0 Å². The van der Waals surface area contributed by atoms with Crippen LogP contribution in [0.25, 0.3) is 0 Å². The van der Waals surface area contributed by atoms with Gasteiger partial charge in [0.2, 0.25) is 5.91 Å². The average Bonchev–Trinajstić information content (AvgIpc) is 3.72. The number of hydrogen-bond donors (Lipinski definition) is 3. The molecule has 2 atom stereocenters. The molecule has 0 saturated carbocycles. The van der Waals surface area contributed by atoms with Crippen molar-refractivity contribution >= 4 is 11.9 Å². The van der Waals surface area contributed by atoms with Crippen LogP contribution in [-0.2, 0) is 14.3 Å². The Morgan fingerprint density at radius 2 is 0.522 bits per heavy atom. The molecule has 0 aromatic carbocycles. The molecule has 0 radical (unpaired) electrons. The highest BCUT2D eigenvalue weighted by molar-refractivity contribution is 5.76. The highest BCUT2D eigenvalue weighted by Gasteiger charge is 2.18. The normalized spacial score (nSPS) is 12.5. The minimum absolute atomic E-state index is 0.0240. The fourth-order valence-electron chi connectivity index (χ4n) is 13.4. The zero-order valence-electron chi connectivity index (χ0n) is 61.4. The van der Waals surface area contributed by atoms with Crippen molar-refractivity contribution in [2.75, 3.05) is 13.2 Å². The summed E-state index contributed by atoms with van der Waals surface area (Å²) in [6.07, 6.45) is 103. The smallest absolute Gasteiger partial charge is 0.305 e. The largest absolute Gasteiger partial charge is 0.466 e. The zero-order valence-corrected chi connectivity index (χ0v) is 61.4. The lowest BCUT2D eigenvalue weighted by atomic mass is 10.0. The van der Waals surface area contributed by atoms with Crippen molar-refractivity contribution in [1.29, 1.82) is 0 Å². The number of aliphatic hydroxyl groups is 2. The second-order valence-electron chi connectivity index (χ2n) is 28.8. The molecule has 0 aliphatic heterocycles. The van der Waals surface area contributed by atoms with Gasteiger partial charge in [0.15, 0.2) is 0 Å². The molecule has 534 valence electrons. The molecule has 0 fully saturated rings. The summed E-state index contributed by atoms with van der Waals surface area (Å²) < 4.78 is 5.52. The van der Waals surface area contributed by atoms with Gasteiger partial charge in [0.25, 0.3) is 0 Å². The van der Waals surface area contributed by atoms with E-state index in [9.17, 15) is 19.8 Å². The number of rotatable bonds is 79. The number of allylic oxidation sites excluding steroid dienone is 3. The fourth-order valence-corrected chi connectivity index (χ4v) is 13.4. The van der Waals surface area contributed by atoms with Crippen molar-refractivity contribution < 1.29 is 24.5 Å². The number of aliphatic hydroxyl groups excluding tert-OH is 2. The first-order valence-electron chi connectivity index (χ1n) is 41.6. The monoisotopic (exact) mass is 1270 g/mol. The van der Waals surface area contributed by atoms with Gasteiger partial charge in [0.05, 0.1) is 25.4 Å². The highest BCUT2D eigenvalue weighted by Crippen LogP contribution is 2.20. The predicted molar refractivity (Wildman–Crippen MR) is 398 cm³/mol. The van der Waals surface area contributed by atoms with E-state index in [0.29, 0.717) is 19.4 Å². The summed E-state index contributed by atoms with van der Waals surface area (Å²) in [5.74, 6) is -0.0362. The van der Waals surface area contributed by atoms with Crippen molar-refractivity contribution in [3.8, 4) is 0 Å². The Morgan fingerprint density at radius 1 is 0.300 bits per heavy atom. The molecule has 0 spiro atoms. The summed E-state index contributed by atoms with van der Waals surface area (Å²) >= 11 is 0. The molecule has 3 N–H and O–H groups in total. The lowest BCUT2D eigenvalue weighted by molar-refractivity contribution is -0.143. The molecule has 6 nitrogen and oxygen atoms in total. The fraction of sp³-hybridized carbons (Fsp3) is 0.929. The van der Waals surface area contributed by atoms with E-state index in [1.54, 1.807) is 6.08 Å². The van der Waals surface area contributed by atoms with Gasteiger partial charge in [0.1, 0.15) is 0 Å². The first kappa shape index (κ1) is 88.3. The molecule has 0 bridgehead atoms. The van der Waals surface area contributed by atoms with E-state index in [1.165, 1.54) is 411 Å². The Bertz CT molecular complexity index is 1410. The van der Waals surface area contributed by atoms with E-state index in [0.717, 1.165) is 38.5 Å². The summed E-state index contributed by atoms with van der Waals surface area (Å²) in [6.45, 7) is 4.97. The van der Waals surface area contributed by atoms with Gasteiger partial charge in [-0.15, -0.1) is 0 Å². The number of ether oxygens (including phenoxy) is 1. The number of nitrogens with one attached hydrogen (secondary N) is 1. The summed E-state index contributed by atoms with van der Waals surface area (Å²) in [5, 5.41) is 23.3. The van der Waals surface area contributed by atoms with E-state index in [4.69, 9.17) is 4.74 Å². The highest BCUT2D eigenvalue weighted by atomic mass is 16.5. The maximum Gasteiger partial charge on any atom is 0.305 e. The predicted octanol–water partition coefficient (Wildman–Crippen LogP) is 27.6. The maximum atomic E-state index is 12.6. The Hall–Kier alpha value is -1.66. The van der Waals surface area contributed by atoms with E-state index in [1.807, 2.05) is 6.08 Å². The topological polar surface area (TPSA) is 95.9 Å². The van der Waals surface area contributed by atoms with E-state index < -0.39 is 12.1 Å². The van der Waals surface area contributed by atoms with E-state index >= 15 is 0 Å². The summed E-state index contributed by atoms with van der Waals surface area (Å²) in [5.41, 5.74) is 0. The Kier molecular flexibility index (Phi) is 78.3. The molecule has 0 heterocycles. The van der Waals surface area contributed by atoms with Crippen molar-refractivity contribution in [3.05, 3.63) is 24.3 Å². The van der Waals surface area contributed by atoms with Gasteiger partial charge in [-0.05, 0) is 57.8 Å². The third-order valence-electron chi connectivity index (χ3n) is 19.7. The summed E-state index contributed by atoms with van der Waals surface area (Å²) in [4.78, 5) is 24.7. The molecule has 0 aliphatic carbocycles. The minimum atomic E-state index is -0.844. The van der Waals surface area contributed by atoms with E-state index in [2.05, 4.69) is 31.3 Å². The van der Waals surface area contributed by atoms with E-state index in [-0.39, 0.29) is 18.5 Å². The molecule has 0 aromatic rings. The van der Waals surface area contributed by atoms with Crippen molar-refractivity contribution in [1.82, 2.24) is 5.32 Å². The first-order chi connectivity index (χ1) is 44.5. The molecular formula is C84H163NO5. The maximum absolute atomic E-state index is 12.6. The lowest BCUT2D eigenvalue weighted by Crippen LogP contribution is -2.45. The average molecular weight is 1270 g/mol. The van der Waals surface area contributed by atoms with Gasteiger partial charge in [-0.1, -0.05) is 430 Å². The van der Waals surface area contributed by atoms with Crippen LogP contribution < -0.4 is 5.32 Å². The second kappa shape index (κ2) is 79.8. The third-order valence-corrected chi connectivity index (χ3v) is 19.7. The molecule has 1 amide bonds. The van der Waals surface area contributed by atoms with Crippen LogP contribution in [0.5, 0.6) is 0 Å². The van der Waals surface area contributed by atoms with Crippen LogP contribution in [0, 0.1) is 0 Å². The summed E-state index contributed by atoms with van der Waals surface area (Å²) in [6, 6.07) is -0.627. The molecule has 0 aliphatic rings. The number of carbonyl (C=O) groups is 2.